The minimum Gasteiger partial charge on any atom is -0.447 e. The van der Waals surface area contributed by atoms with Gasteiger partial charge in [-0.1, -0.05) is 23.7 Å². The highest BCUT2D eigenvalue weighted by molar-refractivity contribution is 7.48. The van der Waals surface area contributed by atoms with Crippen LogP contribution in [0.3, 0.4) is 0 Å². The van der Waals surface area contributed by atoms with E-state index in [1.165, 1.54) is 48.5 Å². The number of benzene rings is 2. The van der Waals surface area contributed by atoms with Crippen molar-refractivity contribution in [2.75, 3.05) is 39.8 Å². The van der Waals surface area contributed by atoms with Crippen molar-refractivity contribution in [2.24, 2.45) is 0 Å². The minimum absolute atomic E-state index is 0.0604. The zero-order valence-electron chi connectivity index (χ0n) is 23.1. The molecule has 42 heavy (non-hydrogen) atoms. The van der Waals surface area contributed by atoms with Gasteiger partial charge in [-0.05, 0) is 54.1 Å². The third-order valence-corrected chi connectivity index (χ3v) is 8.10. The molecule has 0 aliphatic carbocycles. The highest BCUT2D eigenvalue weighted by Crippen LogP contribution is 2.47. The van der Waals surface area contributed by atoms with Gasteiger partial charge in [0.25, 0.3) is 0 Å². The van der Waals surface area contributed by atoms with E-state index < -0.39 is 50.2 Å². The van der Waals surface area contributed by atoms with Gasteiger partial charge in [0, 0.05) is 39.3 Å². The van der Waals surface area contributed by atoms with Crippen molar-refractivity contribution in [3.05, 3.63) is 70.9 Å². The number of aryl methyl sites for hydroxylation is 1. The zero-order valence-corrected chi connectivity index (χ0v) is 24.7. The molecule has 0 fully saturated rings. The first kappa shape index (κ1) is 33.3. The van der Waals surface area contributed by atoms with Gasteiger partial charge in [0.2, 0.25) is 5.91 Å². The molecule has 228 valence electrons. The summed E-state index contributed by atoms with van der Waals surface area (Å²) < 4.78 is 59.3. The Labute approximate surface area is 246 Å². The summed E-state index contributed by atoms with van der Waals surface area (Å²) >= 11 is 6.00. The molecule has 0 aliphatic heterocycles. The summed E-state index contributed by atoms with van der Waals surface area (Å²) in [4.78, 5) is 31.0. The number of fused-ring (bicyclic) bond motifs is 1. The number of aromatic nitrogens is 1. The summed E-state index contributed by atoms with van der Waals surface area (Å²) in [5.74, 6) is -1.36. The second kappa shape index (κ2) is 15.3. The Morgan fingerprint density at radius 1 is 1.12 bits per heavy atom. The highest BCUT2D eigenvalue weighted by Gasteiger charge is 2.28. The standard InChI is InChI=1S/C27H31ClF2N3O8P/c1-33(25(35)10-8-17-5-4-6-23(30)26(17)28)21(13-22(34)16-41-42(37,38-2)39-3)15-40-27(36)32-24-12-19-11-20(29)9-7-18(19)14-31-24/h4-7,9,11-12,14,21-22,34H,8,10,13,15-16H2,1-3H3,(H,31,32,36)/t21-,22?/m0/s1. The van der Waals surface area contributed by atoms with Crippen LogP contribution in [0.15, 0.2) is 48.7 Å². The maximum absolute atomic E-state index is 13.8. The van der Waals surface area contributed by atoms with Crippen molar-refractivity contribution >= 4 is 48.0 Å². The van der Waals surface area contributed by atoms with E-state index in [0.717, 1.165) is 14.2 Å². The molecule has 2 atom stereocenters. The largest absolute Gasteiger partial charge is 0.474 e. The Hall–Kier alpha value is -3.19. The average Bonchev–Trinajstić information content (AvgIpc) is 2.98. The van der Waals surface area contributed by atoms with Gasteiger partial charge in [-0.25, -0.2) is 23.1 Å². The third kappa shape index (κ3) is 9.41. The second-order valence-electron chi connectivity index (χ2n) is 9.15. The van der Waals surface area contributed by atoms with Crippen LogP contribution < -0.4 is 5.32 Å². The van der Waals surface area contributed by atoms with Crippen molar-refractivity contribution < 1.29 is 46.3 Å². The van der Waals surface area contributed by atoms with Crippen LogP contribution in [-0.4, -0.2) is 73.6 Å². The lowest BCUT2D eigenvalue weighted by molar-refractivity contribution is -0.133. The molecule has 0 saturated heterocycles. The number of nitrogens with zero attached hydrogens (tertiary/aromatic N) is 2. The van der Waals surface area contributed by atoms with Crippen molar-refractivity contribution in [2.45, 2.75) is 31.4 Å². The van der Waals surface area contributed by atoms with E-state index in [0.29, 0.717) is 16.3 Å². The van der Waals surface area contributed by atoms with Crippen molar-refractivity contribution in [1.82, 2.24) is 9.88 Å². The van der Waals surface area contributed by atoms with Gasteiger partial charge >= 0.3 is 13.9 Å². The maximum Gasteiger partial charge on any atom is 0.474 e. The van der Waals surface area contributed by atoms with Crippen LogP contribution >= 0.6 is 19.4 Å². The van der Waals surface area contributed by atoms with Crippen LogP contribution in [0.1, 0.15) is 18.4 Å². The van der Waals surface area contributed by atoms with E-state index in [9.17, 15) is 28.0 Å². The summed E-state index contributed by atoms with van der Waals surface area (Å²) in [6.45, 7) is -0.833. The monoisotopic (exact) mass is 629 g/mol. The first-order chi connectivity index (χ1) is 19.9. The number of carbonyl (C=O) groups is 2. The molecular formula is C27H31ClF2N3O8P. The third-order valence-electron chi connectivity index (χ3n) is 6.32. The van der Waals surface area contributed by atoms with E-state index in [-0.39, 0.29) is 36.7 Å². The van der Waals surface area contributed by atoms with Gasteiger partial charge in [-0.15, -0.1) is 0 Å². The molecule has 2 aromatic carbocycles. The van der Waals surface area contributed by atoms with Crippen LogP contribution in [0.2, 0.25) is 5.02 Å². The zero-order chi connectivity index (χ0) is 30.9. The number of phosphoric ester groups is 1. The number of likely N-dealkylation sites (N-methyl/N-ethyl adjacent to an activating group) is 1. The maximum atomic E-state index is 13.8. The summed E-state index contributed by atoms with van der Waals surface area (Å²) in [7, 11) is -0.197. The number of rotatable bonds is 14. The molecule has 0 saturated carbocycles. The molecule has 1 unspecified atom stereocenters. The SMILES string of the molecule is COP(=O)(OC)OCC(O)C[C@@H](COC(=O)Nc1cc2cc(F)ccc2cn1)N(C)C(=O)CCc1cccc(F)c1Cl. The topological polar surface area (TPSA) is 137 Å². The molecule has 15 heteroatoms. The fourth-order valence-corrected chi connectivity index (χ4v) is 4.87. The quantitative estimate of drug-likeness (QED) is 0.226. The average molecular weight is 630 g/mol. The Kier molecular flexibility index (Phi) is 12.2. The molecule has 0 aliphatic rings. The van der Waals surface area contributed by atoms with Crippen molar-refractivity contribution in [3.63, 3.8) is 0 Å². The Morgan fingerprint density at radius 3 is 2.57 bits per heavy atom. The smallest absolute Gasteiger partial charge is 0.447 e. The van der Waals surface area contributed by atoms with Gasteiger partial charge in [0.15, 0.2) is 0 Å². The molecule has 2 amide bonds. The lowest BCUT2D eigenvalue weighted by Crippen LogP contribution is -2.43. The molecule has 3 aromatic rings. The Morgan fingerprint density at radius 2 is 1.86 bits per heavy atom. The lowest BCUT2D eigenvalue weighted by atomic mass is 10.1. The Balaban J connectivity index is 1.67. The normalized spacial score (nSPS) is 13.0. The molecule has 0 spiro atoms. The van der Waals surface area contributed by atoms with Gasteiger partial charge in [-0.3, -0.25) is 23.7 Å². The summed E-state index contributed by atoms with van der Waals surface area (Å²) in [6.07, 6.45) is -0.806. The molecule has 1 aromatic heterocycles. The van der Waals surface area contributed by atoms with Crippen LogP contribution in [0.5, 0.6) is 0 Å². The fourth-order valence-electron chi connectivity index (χ4n) is 3.93. The number of carbonyl (C=O) groups excluding carboxylic acids is 2. The number of nitrogens with one attached hydrogen (secondary N) is 1. The number of hydrogen-bond donors (Lipinski definition) is 2. The van der Waals surface area contributed by atoms with Gasteiger partial charge in [-0.2, -0.15) is 0 Å². The molecule has 11 nitrogen and oxygen atoms in total. The molecular weight excluding hydrogens is 599 g/mol. The number of aliphatic hydroxyl groups is 1. The predicted octanol–water partition coefficient (Wildman–Crippen LogP) is 5.34. The van der Waals surface area contributed by atoms with Gasteiger partial charge in [0.05, 0.1) is 23.8 Å². The number of halogens is 3. The van der Waals surface area contributed by atoms with Crippen molar-refractivity contribution in [1.29, 1.82) is 0 Å². The molecule has 0 radical (unpaired) electrons. The summed E-state index contributed by atoms with van der Waals surface area (Å²) in [5.41, 5.74) is 0.441. The number of phosphoric acid groups is 1. The Bertz CT molecular complexity index is 1440. The molecule has 0 bridgehead atoms. The van der Waals surface area contributed by atoms with E-state index in [1.54, 1.807) is 12.1 Å². The molecule has 1 heterocycles. The van der Waals surface area contributed by atoms with E-state index in [4.69, 9.17) is 20.9 Å². The predicted molar refractivity (Wildman–Crippen MR) is 151 cm³/mol. The fraction of sp³-hybridized carbons (Fsp3) is 0.370. The number of aliphatic hydroxyl groups excluding tert-OH is 1. The first-order valence-corrected chi connectivity index (χ1v) is 14.5. The van der Waals surface area contributed by atoms with Gasteiger partial charge in [0.1, 0.15) is 24.1 Å². The number of pyridine rings is 1. The van der Waals surface area contributed by atoms with E-state index in [2.05, 4.69) is 19.3 Å². The van der Waals surface area contributed by atoms with Crippen LogP contribution in [0.25, 0.3) is 10.8 Å². The lowest BCUT2D eigenvalue weighted by Gasteiger charge is -2.30. The summed E-state index contributed by atoms with van der Waals surface area (Å²) in [5, 5.41) is 14.1. The van der Waals surface area contributed by atoms with Gasteiger partial charge < -0.3 is 14.7 Å². The second-order valence-corrected chi connectivity index (χ2v) is 11.4. The van der Waals surface area contributed by atoms with E-state index >= 15 is 0 Å². The first-order valence-electron chi connectivity index (χ1n) is 12.7. The number of hydrogen-bond acceptors (Lipinski definition) is 9. The van der Waals surface area contributed by atoms with Crippen molar-refractivity contribution in [3.8, 4) is 0 Å². The van der Waals surface area contributed by atoms with Crippen LogP contribution in [0, 0.1) is 11.6 Å². The van der Waals surface area contributed by atoms with Crippen LogP contribution in [0.4, 0.5) is 19.4 Å². The highest BCUT2D eigenvalue weighted by atomic mass is 35.5. The number of ether oxygens (including phenoxy) is 1. The minimum atomic E-state index is -3.88. The molecule has 3 rings (SSSR count). The molecule has 2 N–H and O–H groups in total. The van der Waals surface area contributed by atoms with E-state index in [1.807, 2.05) is 0 Å². The van der Waals surface area contributed by atoms with Crippen LogP contribution in [-0.2, 0) is 34.1 Å². The number of amides is 2. The summed E-state index contributed by atoms with van der Waals surface area (Å²) in [6, 6.07) is 9.02. The number of anilines is 1.